The number of carbonyl (C=O) groups excluding carboxylic acids is 1. The van der Waals surface area contributed by atoms with Gasteiger partial charge in [-0.1, -0.05) is 20.8 Å². The molecule has 6 heteroatoms. The van der Waals surface area contributed by atoms with Crippen LogP contribution >= 0.6 is 12.4 Å². The number of benzene rings is 1. The normalized spacial score (nSPS) is 14.6. The summed E-state index contributed by atoms with van der Waals surface area (Å²) in [5.74, 6) is 2.01. The maximum Gasteiger partial charge on any atom is 0.254 e. The SMILES string of the molecule is CCCN(C(=O)c1ccc(OCCC(C)C)c(OC)c1)C1CCNCC1.Cl. The first-order chi connectivity index (χ1) is 12.6. The molecule has 1 aromatic carbocycles. The molecule has 1 heterocycles. The first-order valence-corrected chi connectivity index (χ1v) is 9.89. The number of nitrogens with one attached hydrogen (secondary N) is 1. The number of ether oxygens (including phenoxy) is 2. The van der Waals surface area contributed by atoms with Crippen LogP contribution in [0.5, 0.6) is 11.5 Å². The van der Waals surface area contributed by atoms with Gasteiger partial charge in [0.15, 0.2) is 11.5 Å². The maximum absolute atomic E-state index is 13.1. The van der Waals surface area contributed by atoms with Crippen molar-refractivity contribution in [1.82, 2.24) is 10.2 Å². The predicted molar refractivity (Wildman–Crippen MR) is 112 cm³/mol. The van der Waals surface area contributed by atoms with Gasteiger partial charge in [0.1, 0.15) is 0 Å². The number of nitrogens with zero attached hydrogens (tertiary/aromatic N) is 1. The number of hydrogen-bond acceptors (Lipinski definition) is 4. The highest BCUT2D eigenvalue weighted by molar-refractivity contribution is 5.95. The van der Waals surface area contributed by atoms with Crippen LogP contribution in [-0.2, 0) is 0 Å². The summed E-state index contributed by atoms with van der Waals surface area (Å²) in [6.45, 7) is 9.86. The van der Waals surface area contributed by atoms with E-state index in [1.54, 1.807) is 7.11 Å². The summed E-state index contributed by atoms with van der Waals surface area (Å²) in [7, 11) is 1.62. The summed E-state index contributed by atoms with van der Waals surface area (Å²) in [5.41, 5.74) is 0.671. The van der Waals surface area contributed by atoms with E-state index in [0.29, 0.717) is 35.6 Å². The molecule has 27 heavy (non-hydrogen) atoms. The lowest BCUT2D eigenvalue weighted by molar-refractivity contribution is 0.0642. The molecule has 1 aliphatic rings. The average Bonchev–Trinajstić information content (AvgIpc) is 2.66. The predicted octanol–water partition coefficient (Wildman–Crippen LogP) is 4.15. The molecule has 0 radical (unpaired) electrons. The molecule has 1 aromatic rings. The summed E-state index contributed by atoms with van der Waals surface area (Å²) in [6, 6.07) is 5.85. The molecule has 154 valence electrons. The van der Waals surface area contributed by atoms with E-state index in [0.717, 1.165) is 45.3 Å². The smallest absolute Gasteiger partial charge is 0.254 e. The Bertz CT molecular complexity index is 575. The molecule has 2 rings (SSSR count). The van der Waals surface area contributed by atoms with E-state index in [1.165, 1.54) is 0 Å². The molecule has 0 bridgehead atoms. The van der Waals surface area contributed by atoms with Crippen LogP contribution in [0.3, 0.4) is 0 Å². The second-order valence-corrected chi connectivity index (χ2v) is 7.38. The minimum absolute atomic E-state index is 0. The van der Waals surface area contributed by atoms with Crippen molar-refractivity contribution in [2.24, 2.45) is 5.92 Å². The first kappa shape index (κ1) is 23.6. The van der Waals surface area contributed by atoms with E-state index < -0.39 is 0 Å². The van der Waals surface area contributed by atoms with Gasteiger partial charge in [0, 0.05) is 18.2 Å². The molecule has 1 saturated heterocycles. The third-order valence-corrected chi connectivity index (χ3v) is 4.84. The summed E-state index contributed by atoms with van der Waals surface area (Å²) >= 11 is 0. The molecule has 0 unspecified atom stereocenters. The van der Waals surface area contributed by atoms with E-state index in [2.05, 4.69) is 26.1 Å². The lowest BCUT2D eigenvalue weighted by Gasteiger charge is -2.34. The van der Waals surface area contributed by atoms with Crippen LogP contribution in [0, 0.1) is 5.92 Å². The number of piperidine rings is 1. The zero-order chi connectivity index (χ0) is 18.9. The molecular weight excluding hydrogens is 364 g/mol. The van der Waals surface area contributed by atoms with Crippen LogP contribution in [0.2, 0.25) is 0 Å². The molecule has 0 saturated carbocycles. The number of carbonyl (C=O) groups is 1. The van der Waals surface area contributed by atoms with E-state index in [-0.39, 0.29) is 18.3 Å². The molecule has 1 amide bonds. The average molecular weight is 399 g/mol. The lowest BCUT2D eigenvalue weighted by Crippen LogP contribution is -2.46. The van der Waals surface area contributed by atoms with Gasteiger partial charge < -0.3 is 19.7 Å². The standard InChI is InChI=1S/C21H34N2O3.ClH/c1-5-13-23(18-8-11-22-12-9-18)21(24)17-6-7-19(20(15-17)25-4)26-14-10-16(2)3;/h6-7,15-16,18,22H,5,8-14H2,1-4H3;1H. The van der Waals surface area contributed by atoms with Gasteiger partial charge >= 0.3 is 0 Å². The van der Waals surface area contributed by atoms with Gasteiger partial charge in [-0.25, -0.2) is 0 Å². The molecule has 1 N–H and O–H groups in total. The Balaban J connectivity index is 0.00000364. The zero-order valence-electron chi connectivity index (χ0n) is 17.1. The number of halogens is 1. The van der Waals surface area contributed by atoms with Crippen molar-refractivity contribution >= 4 is 18.3 Å². The van der Waals surface area contributed by atoms with Crippen molar-refractivity contribution in [2.45, 2.75) is 52.5 Å². The second kappa shape index (κ2) is 12.1. The van der Waals surface area contributed by atoms with Crippen LogP contribution in [0.1, 0.15) is 56.8 Å². The summed E-state index contributed by atoms with van der Waals surface area (Å²) in [6.07, 6.45) is 3.98. The monoisotopic (exact) mass is 398 g/mol. The number of methoxy groups -OCH3 is 1. The van der Waals surface area contributed by atoms with Crippen LogP contribution in [0.15, 0.2) is 18.2 Å². The third kappa shape index (κ3) is 6.89. The van der Waals surface area contributed by atoms with Gasteiger partial charge in [0.05, 0.1) is 13.7 Å². The minimum atomic E-state index is 0. The van der Waals surface area contributed by atoms with Crippen LogP contribution in [0.25, 0.3) is 0 Å². The van der Waals surface area contributed by atoms with Crippen LogP contribution in [-0.4, -0.2) is 50.2 Å². The summed E-state index contributed by atoms with van der Waals surface area (Å²) in [4.78, 5) is 15.2. The molecule has 5 nitrogen and oxygen atoms in total. The quantitative estimate of drug-likeness (QED) is 0.679. The van der Waals surface area contributed by atoms with Gasteiger partial charge in [-0.2, -0.15) is 0 Å². The van der Waals surface area contributed by atoms with Crippen LogP contribution in [0.4, 0.5) is 0 Å². The topological polar surface area (TPSA) is 50.8 Å². The van der Waals surface area contributed by atoms with Crippen molar-refractivity contribution in [3.8, 4) is 11.5 Å². The van der Waals surface area contributed by atoms with E-state index >= 15 is 0 Å². The Morgan fingerprint density at radius 1 is 1.26 bits per heavy atom. The largest absolute Gasteiger partial charge is 0.493 e. The van der Waals surface area contributed by atoms with Crippen molar-refractivity contribution in [2.75, 3.05) is 33.4 Å². The van der Waals surface area contributed by atoms with Crippen molar-refractivity contribution in [3.63, 3.8) is 0 Å². The fraction of sp³-hybridized carbons (Fsp3) is 0.667. The van der Waals surface area contributed by atoms with Gasteiger partial charge in [-0.15, -0.1) is 12.4 Å². The lowest BCUT2D eigenvalue weighted by atomic mass is 10.0. The highest BCUT2D eigenvalue weighted by Crippen LogP contribution is 2.29. The fourth-order valence-electron chi connectivity index (χ4n) is 3.30. The molecular formula is C21H35ClN2O3. The highest BCUT2D eigenvalue weighted by atomic mass is 35.5. The van der Waals surface area contributed by atoms with Crippen molar-refractivity contribution < 1.29 is 14.3 Å². The van der Waals surface area contributed by atoms with E-state index in [9.17, 15) is 4.79 Å². The van der Waals surface area contributed by atoms with Crippen molar-refractivity contribution in [3.05, 3.63) is 23.8 Å². The van der Waals surface area contributed by atoms with Gasteiger partial charge in [0.2, 0.25) is 0 Å². The van der Waals surface area contributed by atoms with Gasteiger partial charge in [0.25, 0.3) is 5.91 Å². The second-order valence-electron chi connectivity index (χ2n) is 7.38. The number of rotatable bonds is 9. The Morgan fingerprint density at radius 2 is 1.96 bits per heavy atom. The molecule has 0 aromatic heterocycles. The van der Waals surface area contributed by atoms with Gasteiger partial charge in [-0.05, 0) is 62.9 Å². The Morgan fingerprint density at radius 3 is 2.56 bits per heavy atom. The fourth-order valence-corrected chi connectivity index (χ4v) is 3.30. The maximum atomic E-state index is 13.1. The molecule has 1 aliphatic heterocycles. The number of hydrogen-bond donors (Lipinski definition) is 1. The summed E-state index contributed by atoms with van der Waals surface area (Å²) in [5, 5.41) is 3.37. The minimum Gasteiger partial charge on any atom is -0.493 e. The third-order valence-electron chi connectivity index (χ3n) is 4.84. The zero-order valence-corrected chi connectivity index (χ0v) is 17.9. The molecule has 0 spiro atoms. The van der Waals surface area contributed by atoms with Crippen molar-refractivity contribution in [1.29, 1.82) is 0 Å². The van der Waals surface area contributed by atoms with Crippen LogP contribution < -0.4 is 14.8 Å². The Hall–Kier alpha value is -1.46. The van der Waals surface area contributed by atoms with Gasteiger partial charge in [-0.3, -0.25) is 4.79 Å². The first-order valence-electron chi connectivity index (χ1n) is 9.89. The highest BCUT2D eigenvalue weighted by Gasteiger charge is 2.26. The summed E-state index contributed by atoms with van der Waals surface area (Å²) < 4.78 is 11.3. The van der Waals surface area contributed by atoms with E-state index in [4.69, 9.17) is 9.47 Å². The number of amides is 1. The molecule has 1 fully saturated rings. The molecule has 0 atom stereocenters. The molecule has 0 aliphatic carbocycles. The van der Waals surface area contributed by atoms with E-state index in [1.807, 2.05) is 23.1 Å². The Labute approximate surface area is 170 Å². The Kier molecular flexibility index (Phi) is 10.6.